The number of amides is 2. The summed E-state index contributed by atoms with van der Waals surface area (Å²) in [6.45, 7) is 2.80. The summed E-state index contributed by atoms with van der Waals surface area (Å²) in [5.74, 6) is 1.10. The van der Waals surface area contributed by atoms with Crippen LogP contribution in [0.25, 0.3) is 0 Å². The number of ether oxygens (including phenoxy) is 2. The van der Waals surface area contributed by atoms with E-state index >= 15 is 0 Å². The highest BCUT2D eigenvalue weighted by atomic mass is 35.5. The van der Waals surface area contributed by atoms with Crippen molar-refractivity contribution in [2.75, 3.05) is 13.3 Å². The molecule has 0 bridgehead atoms. The van der Waals surface area contributed by atoms with Gasteiger partial charge in [0.1, 0.15) is 6.04 Å². The van der Waals surface area contributed by atoms with Crippen LogP contribution in [0.15, 0.2) is 72.8 Å². The second kappa shape index (κ2) is 11.8. The van der Waals surface area contributed by atoms with Crippen LogP contribution in [-0.4, -0.2) is 36.1 Å². The van der Waals surface area contributed by atoms with Crippen LogP contribution < -0.4 is 14.8 Å². The van der Waals surface area contributed by atoms with Crippen molar-refractivity contribution in [2.24, 2.45) is 0 Å². The van der Waals surface area contributed by atoms with E-state index in [1.54, 1.807) is 11.0 Å². The number of carbonyl (C=O) groups is 2. The first-order valence-corrected chi connectivity index (χ1v) is 12.2. The molecular weight excluding hydrogens is 464 g/mol. The summed E-state index contributed by atoms with van der Waals surface area (Å²) in [7, 11) is 0. The van der Waals surface area contributed by atoms with E-state index in [0.717, 1.165) is 16.7 Å². The van der Waals surface area contributed by atoms with Gasteiger partial charge in [0.05, 0.1) is 0 Å². The number of rotatable bonds is 10. The van der Waals surface area contributed by atoms with Crippen LogP contribution in [0, 0.1) is 0 Å². The van der Waals surface area contributed by atoms with Gasteiger partial charge in [0, 0.05) is 31.0 Å². The van der Waals surface area contributed by atoms with Crippen molar-refractivity contribution in [3.05, 3.63) is 94.5 Å². The van der Waals surface area contributed by atoms with E-state index < -0.39 is 6.04 Å². The minimum absolute atomic E-state index is 0.116. The SMILES string of the molecule is CCNC(=O)[C@@H](Cc1ccccc1)N(Cc1ccccc1Cl)C(=O)CCc1ccc2c(c1)OCO2. The van der Waals surface area contributed by atoms with Gasteiger partial charge >= 0.3 is 0 Å². The molecule has 0 aromatic heterocycles. The van der Waals surface area contributed by atoms with E-state index in [-0.39, 0.29) is 31.6 Å². The molecule has 3 aromatic carbocycles. The van der Waals surface area contributed by atoms with Crippen molar-refractivity contribution in [1.82, 2.24) is 10.2 Å². The molecule has 1 atom stereocenters. The molecule has 1 aliphatic rings. The molecular formula is C28H29ClN2O4. The Hall–Kier alpha value is -3.51. The number of hydrogen-bond acceptors (Lipinski definition) is 4. The minimum Gasteiger partial charge on any atom is -0.454 e. The van der Waals surface area contributed by atoms with Crippen LogP contribution in [0.3, 0.4) is 0 Å². The summed E-state index contributed by atoms with van der Waals surface area (Å²) in [5.41, 5.74) is 2.75. The number of fused-ring (bicyclic) bond motifs is 1. The number of likely N-dealkylation sites (N-methyl/N-ethyl adjacent to an activating group) is 1. The monoisotopic (exact) mass is 492 g/mol. The maximum absolute atomic E-state index is 13.7. The summed E-state index contributed by atoms with van der Waals surface area (Å²) in [6.07, 6.45) is 1.17. The largest absolute Gasteiger partial charge is 0.454 e. The molecule has 35 heavy (non-hydrogen) atoms. The van der Waals surface area contributed by atoms with Gasteiger partial charge in [-0.05, 0) is 48.2 Å². The smallest absolute Gasteiger partial charge is 0.243 e. The lowest BCUT2D eigenvalue weighted by atomic mass is 10.0. The molecule has 1 heterocycles. The van der Waals surface area contributed by atoms with Crippen LogP contribution in [0.5, 0.6) is 11.5 Å². The molecule has 0 aliphatic carbocycles. The number of nitrogens with one attached hydrogen (secondary N) is 1. The van der Waals surface area contributed by atoms with E-state index in [9.17, 15) is 9.59 Å². The molecule has 6 nitrogen and oxygen atoms in total. The van der Waals surface area contributed by atoms with Crippen LogP contribution in [-0.2, 0) is 29.0 Å². The summed E-state index contributed by atoms with van der Waals surface area (Å²) in [5, 5.41) is 3.47. The highest BCUT2D eigenvalue weighted by molar-refractivity contribution is 6.31. The third kappa shape index (κ3) is 6.34. The third-order valence-corrected chi connectivity index (χ3v) is 6.35. The lowest BCUT2D eigenvalue weighted by Gasteiger charge is -2.32. The quantitative estimate of drug-likeness (QED) is 0.442. The number of hydrogen-bond donors (Lipinski definition) is 1. The van der Waals surface area contributed by atoms with Gasteiger partial charge in [0.2, 0.25) is 18.6 Å². The molecule has 1 aliphatic heterocycles. The molecule has 0 unspecified atom stereocenters. The van der Waals surface area contributed by atoms with Crippen molar-refractivity contribution in [2.45, 2.75) is 38.8 Å². The third-order valence-electron chi connectivity index (χ3n) is 5.99. The van der Waals surface area contributed by atoms with Gasteiger partial charge in [-0.15, -0.1) is 0 Å². The molecule has 1 N–H and O–H groups in total. The molecule has 0 radical (unpaired) electrons. The van der Waals surface area contributed by atoms with E-state index in [1.165, 1.54) is 0 Å². The first-order valence-electron chi connectivity index (χ1n) is 11.8. The van der Waals surface area contributed by atoms with Crippen molar-refractivity contribution < 1.29 is 19.1 Å². The molecule has 2 amide bonds. The zero-order valence-corrected chi connectivity index (χ0v) is 20.5. The fraction of sp³-hybridized carbons (Fsp3) is 0.286. The van der Waals surface area contributed by atoms with E-state index in [2.05, 4.69) is 5.32 Å². The van der Waals surface area contributed by atoms with Gasteiger partial charge < -0.3 is 19.7 Å². The van der Waals surface area contributed by atoms with Gasteiger partial charge in [0.15, 0.2) is 11.5 Å². The fourth-order valence-corrected chi connectivity index (χ4v) is 4.34. The molecule has 4 rings (SSSR count). The number of carbonyl (C=O) groups excluding carboxylic acids is 2. The Kier molecular flexibility index (Phi) is 8.27. The normalized spacial score (nSPS) is 12.7. The van der Waals surface area contributed by atoms with Crippen molar-refractivity contribution >= 4 is 23.4 Å². The Labute approximate surface area is 210 Å². The highest BCUT2D eigenvalue weighted by Crippen LogP contribution is 2.33. The average molecular weight is 493 g/mol. The molecule has 182 valence electrons. The van der Waals surface area contributed by atoms with Gasteiger partial charge in [-0.2, -0.15) is 0 Å². The Bertz CT molecular complexity index is 1170. The molecule has 0 spiro atoms. The summed E-state index contributed by atoms with van der Waals surface area (Å²) in [4.78, 5) is 28.5. The zero-order valence-electron chi connectivity index (χ0n) is 19.7. The molecule has 7 heteroatoms. The second-order valence-corrected chi connectivity index (χ2v) is 8.81. The summed E-state index contributed by atoms with van der Waals surface area (Å²) >= 11 is 6.44. The molecule has 0 saturated heterocycles. The zero-order chi connectivity index (χ0) is 24.6. The van der Waals surface area contributed by atoms with Crippen molar-refractivity contribution in [3.8, 4) is 11.5 Å². The standard InChI is InChI=1S/C28H29ClN2O4/c1-2-30-28(33)24(16-20-8-4-3-5-9-20)31(18-22-10-6-7-11-23(22)29)27(32)15-13-21-12-14-25-26(17-21)35-19-34-25/h3-12,14,17,24H,2,13,15-16,18-19H2,1H3,(H,30,33)/t24-/m1/s1. The molecule has 3 aromatic rings. The van der Waals surface area contributed by atoms with E-state index in [0.29, 0.717) is 35.9 Å². The Morgan fingerprint density at radius 2 is 1.71 bits per heavy atom. The predicted octanol–water partition coefficient (Wildman–Crippen LogP) is 4.78. The van der Waals surface area contributed by atoms with E-state index in [1.807, 2.05) is 73.7 Å². The van der Waals surface area contributed by atoms with Gasteiger partial charge in [-0.25, -0.2) is 0 Å². The number of benzene rings is 3. The first kappa shape index (κ1) is 24.6. The van der Waals surface area contributed by atoms with Crippen molar-refractivity contribution in [1.29, 1.82) is 0 Å². The van der Waals surface area contributed by atoms with Crippen LogP contribution in [0.2, 0.25) is 5.02 Å². The minimum atomic E-state index is -0.669. The average Bonchev–Trinajstić information content (AvgIpc) is 3.34. The number of halogens is 1. The van der Waals surface area contributed by atoms with Crippen LogP contribution >= 0.6 is 11.6 Å². The van der Waals surface area contributed by atoms with Gasteiger partial charge in [0.25, 0.3) is 0 Å². The highest BCUT2D eigenvalue weighted by Gasteiger charge is 2.30. The predicted molar refractivity (Wildman–Crippen MR) is 136 cm³/mol. The summed E-state index contributed by atoms with van der Waals surface area (Å²) in [6, 6.07) is 22.2. The molecule has 0 saturated carbocycles. The van der Waals surface area contributed by atoms with Crippen molar-refractivity contribution in [3.63, 3.8) is 0 Å². The fourth-order valence-electron chi connectivity index (χ4n) is 4.15. The van der Waals surface area contributed by atoms with E-state index in [4.69, 9.17) is 21.1 Å². The number of aryl methyl sites for hydroxylation is 1. The topological polar surface area (TPSA) is 67.9 Å². The van der Waals surface area contributed by atoms with Crippen LogP contribution in [0.1, 0.15) is 30.0 Å². The molecule has 0 fully saturated rings. The van der Waals surface area contributed by atoms with Gasteiger partial charge in [-0.1, -0.05) is 66.2 Å². The summed E-state index contributed by atoms with van der Waals surface area (Å²) < 4.78 is 10.8. The lowest BCUT2D eigenvalue weighted by molar-refractivity contribution is -0.141. The number of nitrogens with zero attached hydrogens (tertiary/aromatic N) is 1. The maximum atomic E-state index is 13.7. The Balaban J connectivity index is 1.59. The Morgan fingerprint density at radius 1 is 0.971 bits per heavy atom. The lowest BCUT2D eigenvalue weighted by Crippen LogP contribution is -2.50. The maximum Gasteiger partial charge on any atom is 0.243 e. The second-order valence-electron chi connectivity index (χ2n) is 8.40. The first-order chi connectivity index (χ1) is 17.0. The Morgan fingerprint density at radius 3 is 2.49 bits per heavy atom. The van der Waals surface area contributed by atoms with Gasteiger partial charge in [-0.3, -0.25) is 9.59 Å². The van der Waals surface area contributed by atoms with Crippen LogP contribution in [0.4, 0.5) is 0 Å².